The molecular weight excluding hydrogens is 344 g/mol. The standard InChI is InChI=1S/C22H28O3S/c1-2-3-4-5-8-18-11-15-22(16-12-18)26(23,24)25-21-14-13-19-9-6-7-10-20(19)17-21/h11-17H,2-10H2,1H3. The first-order valence-corrected chi connectivity index (χ1v) is 11.1. The van der Waals surface area contributed by atoms with Gasteiger partial charge in [-0.2, -0.15) is 8.42 Å². The summed E-state index contributed by atoms with van der Waals surface area (Å²) in [6.45, 7) is 2.20. The molecule has 0 unspecified atom stereocenters. The van der Waals surface area contributed by atoms with Gasteiger partial charge in [-0.25, -0.2) is 0 Å². The quantitative estimate of drug-likeness (QED) is 0.457. The summed E-state index contributed by atoms with van der Waals surface area (Å²) in [6, 6.07) is 12.8. The molecule has 1 aliphatic carbocycles. The molecule has 0 aliphatic heterocycles. The van der Waals surface area contributed by atoms with E-state index in [4.69, 9.17) is 4.18 Å². The van der Waals surface area contributed by atoms with Crippen LogP contribution in [0.4, 0.5) is 0 Å². The Bertz CT molecular complexity index is 823. The first-order valence-electron chi connectivity index (χ1n) is 9.74. The maximum atomic E-state index is 12.6. The highest BCUT2D eigenvalue weighted by Gasteiger charge is 2.18. The van der Waals surface area contributed by atoms with Crippen molar-refractivity contribution in [3.05, 3.63) is 59.2 Å². The molecule has 2 aromatic rings. The molecule has 0 radical (unpaired) electrons. The second-order valence-corrected chi connectivity index (χ2v) is 8.68. The van der Waals surface area contributed by atoms with E-state index in [0.29, 0.717) is 5.75 Å². The average Bonchev–Trinajstić information content (AvgIpc) is 2.65. The van der Waals surface area contributed by atoms with E-state index in [1.54, 1.807) is 18.2 Å². The number of hydrogen-bond acceptors (Lipinski definition) is 3. The van der Waals surface area contributed by atoms with Gasteiger partial charge in [0, 0.05) is 0 Å². The van der Waals surface area contributed by atoms with Gasteiger partial charge in [-0.1, -0.05) is 44.4 Å². The molecule has 0 bridgehead atoms. The van der Waals surface area contributed by atoms with Crippen LogP contribution in [0.1, 0.15) is 62.1 Å². The monoisotopic (exact) mass is 372 g/mol. The van der Waals surface area contributed by atoms with Crippen LogP contribution in [0.15, 0.2) is 47.4 Å². The number of unbranched alkanes of at least 4 members (excludes halogenated alkanes) is 3. The van der Waals surface area contributed by atoms with E-state index < -0.39 is 10.1 Å². The van der Waals surface area contributed by atoms with E-state index >= 15 is 0 Å². The molecule has 26 heavy (non-hydrogen) atoms. The van der Waals surface area contributed by atoms with Gasteiger partial charge in [-0.3, -0.25) is 0 Å². The lowest BCUT2D eigenvalue weighted by atomic mass is 9.92. The molecule has 0 spiro atoms. The molecular formula is C22H28O3S. The van der Waals surface area contributed by atoms with Gasteiger partial charge in [0.25, 0.3) is 0 Å². The second-order valence-electron chi connectivity index (χ2n) is 7.13. The van der Waals surface area contributed by atoms with Gasteiger partial charge in [-0.15, -0.1) is 0 Å². The molecule has 3 nitrogen and oxygen atoms in total. The van der Waals surface area contributed by atoms with Crippen molar-refractivity contribution >= 4 is 10.1 Å². The van der Waals surface area contributed by atoms with Crippen molar-refractivity contribution < 1.29 is 12.6 Å². The summed E-state index contributed by atoms with van der Waals surface area (Å²) >= 11 is 0. The highest BCUT2D eigenvalue weighted by molar-refractivity contribution is 7.87. The number of benzene rings is 2. The molecule has 3 rings (SSSR count). The van der Waals surface area contributed by atoms with Gasteiger partial charge in [0.2, 0.25) is 0 Å². The van der Waals surface area contributed by atoms with E-state index in [1.165, 1.54) is 42.4 Å². The van der Waals surface area contributed by atoms with Crippen LogP contribution < -0.4 is 4.18 Å². The summed E-state index contributed by atoms with van der Waals surface area (Å²) in [5, 5.41) is 0. The van der Waals surface area contributed by atoms with Gasteiger partial charge < -0.3 is 4.18 Å². The molecule has 0 atom stereocenters. The fraction of sp³-hybridized carbons (Fsp3) is 0.455. The normalized spacial score (nSPS) is 14.0. The van der Waals surface area contributed by atoms with E-state index in [2.05, 4.69) is 6.92 Å². The van der Waals surface area contributed by atoms with Crippen LogP contribution in [-0.4, -0.2) is 8.42 Å². The summed E-state index contributed by atoms with van der Waals surface area (Å²) in [7, 11) is -3.79. The Morgan fingerprint density at radius 1 is 0.885 bits per heavy atom. The van der Waals surface area contributed by atoms with Gasteiger partial charge in [0.15, 0.2) is 0 Å². The van der Waals surface area contributed by atoms with Crippen LogP contribution in [0.2, 0.25) is 0 Å². The predicted molar refractivity (Wildman–Crippen MR) is 105 cm³/mol. The molecule has 140 valence electrons. The van der Waals surface area contributed by atoms with Crippen molar-refractivity contribution in [3.8, 4) is 5.75 Å². The number of hydrogen-bond donors (Lipinski definition) is 0. The summed E-state index contributed by atoms with van der Waals surface area (Å²) in [5.74, 6) is 0.411. The number of rotatable bonds is 8. The average molecular weight is 373 g/mol. The van der Waals surface area contributed by atoms with Crippen molar-refractivity contribution in [2.24, 2.45) is 0 Å². The lowest BCUT2D eigenvalue weighted by Gasteiger charge is -2.16. The highest BCUT2D eigenvalue weighted by atomic mass is 32.2. The predicted octanol–water partition coefficient (Wildman–Crippen LogP) is 5.46. The Kier molecular flexibility index (Phi) is 6.36. The van der Waals surface area contributed by atoms with E-state index in [9.17, 15) is 8.42 Å². The summed E-state index contributed by atoms with van der Waals surface area (Å²) in [4.78, 5) is 0.215. The molecule has 0 aromatic heterocycles. The zero-order valence-corrected chi connectivity index (χ0v) is 16.4. The van der Waals surface area contributed by atoms with Crippen LogP contribution in [0.3, 0.4) is 0 Å². The summed E-state index contributed by atoms with van der Waals surface area (Å²) < 4.78 is 30.5. The van der Waals surface area contributed by atoms with Gasteiger partial charge in [-0.05, 0) is 79.5 Å². The molecule has 4 heteroatoms. The third-order valence-corrected chi connectivity index (χ3v) is 6.32. The number of aryl methyl sites for hydroxylation is 3. The molecule has 2 aromatic carbocycles. The van der Waals surface area contributed by atoms with Gasteiger partial charge in [0.1, 0.15) is 10.6 Å². The Labute approximate surface area is 157 Å². The molecule has 0 saturated carbocycles. The fourth-order valence-corrected chi connectivity index (χ4v) is 4.44. The maximum absolute atomic E-state index is 12.6. The van der Waals surface area contributed by atoms with Crippen molar-refractivity contribution in [1.29, 1.82) is 0 Å². The minimum absolute atomic E-state index is 0.215. The van der Waals surface area contributed by atoms with Crippen LogP contribution in [-0.2, 0) is 29.4 Å². The lowest BCUT2D eigenvalue weighted by Crippen LogP contribution is -2.11. The first-order chi connectivity index (χ1) is 12.6. The van der Waals surface area contributed by atoms with Crippen LogP contribution in [0.25, 0.3) is 0 Å². The molecule has 0 N–H and O–H groups in total. The Hall–Kier alpha value is -1.81. The lowest BCUT2D eigenvalue weighted by molar-refractivity contribution is 0.485. The SMILES string of the molecule is CCCCCCc1ccc(S(=O)(=O)Oc2ccc3c(c2)CCCC3)cc1. The molecule has 0 saturated heterocycles. The molecule has 1 aliphatic rings. The van der Waals surface area contributed by atoms with Crippen LogP contribution >= 0.6 is 0 Å². The van der Waals surface area contributed by atoms with Crippen molar-refractivity contribution in [1.82, 2.24) is 0 Å². The third-order valence-electron chi connectivity index (χ3n) is 5.06. The fourth-order valence-electron chi connectivity index (χ4n) is 3.52. The maximum Gasteiger partial charge on any atom is 0.339 e. The molecule has 0 amide bonds. The van der Waals surface area contributed by atoms with Gasteiger partial charge >= 0.3 is 10.1 Å². The summed E-state index contributed by atoms with van der Waals surface area (Å²) in [6.07, 6.45) is 10.3. The first kappa shape index (κ1) is 19.0. The van der Waals surface area contributed by atoms with Crippen molar-refractivity contribution in [3.63, 3.8) is 0 Å². The second kappa shape index (κ2) is 8.72. The van der Waals surface area contributed by atoms with E-state index in [-0.39, 0.29) is 4.90 Å². The minimum atomic E-state index is -3.79. The largest absolute Gasteiger partial charge is 0.379 e. The van der Waals surface area contributed by atoms with E-state index in [0.717, 1.165) is 32.1 Å². The Balaban J connectivity index is 1.66. The summed E-state index contributed by atoms with van der Waals surface area (Å²) in [5.41, 5.74) is 3.70. The van der Waals surface area contributed by atoms with Gasteiger partial charge in [0.05, 0.1) is 0 Å². The zero-order valence-electron chi connectivity index (χ0n) is 15.5. The molecule has 0 heterocycles. The van der Waals surface area contributed by atoms with E-state index in [1.807, 2.05) is 24.3 Å². The third kappa shape index (κ3) is 4.88. The Morgan fingerprint density at radius 3 is 2.35 bits per heavy atom. The number of fused-ring (bicyclic) bond motifs is 1. The zero-order chi connectivity index (χ0) is 18.4. The van der Waals surface area contributed by atoms with Crippen LogP contribution in [0.5, 0.6) is 5.75 Å². The minimum Gasteiger partial charge on any atom is -0.379 e. The van der Waals surface area contributed by atoms with Crippen LogP contribution in [0, 0.1) is 0 Å². The smallest absolute Gasteiger partial charge is 0.339 e. The topological polar surface area (TPSA) is 43.4 Å². The molecule has 0 fully saturated rings. The Morgan fingerprint density at radius 2 is 1.62 bits per heavy atom. The van der Waals surface area contributed by atoms with Crippen molar-refractivity contribution in [2.75, 3.05) is 0 Å². The highest BCUT2D eigenvalue weighted by Crippen LogP contribution is 2.27. The van der Waals surface area contributed by atoms with Crippen molar-refractivity contribution in [2.45, 2.75) is 69.6 Å².